The lowest BCUT2D eigenvalue weighted by atomic mass is 9.81. The van der Waals surface area contributed by atoms with Gasteiger partial charge in [-0.3, -0.25) is 0 Å². The van der Waals surface area contributed by atoms with E-state index < -0.39 is 35.9 Å². The Labute approximate surface area is 153 Å². The summed E-state index contributed by atoms with van der Waals surface area (Å²) in [6, 6.07) is 0. The normalized spacial score (nSPS) is 39.2. The van der Waals surface area contributed by atoms with Gasteiger partial charge in [-0.05, 0) is 25.8 Å². The molecule has 3 heterocycles. The number of esters is 2. The van der Waals surface area contributed by atoms with Gasteiger partial charge in [-0.25, -0.2) is 9.59 Å². The predicted octanol–water partition coefficient (Wildman–Crippen LogP) is 2.69. The fourth-order valence-electron chi connectivity index (χ4n) is 4.18. The van der Waals surface area contributed by atoms with Gasteiger partial charge in [0.05, 0.1) is 5.92 Å². The Hall–Kier alpha value is -1.92. The van der Waals surface area contributed by atoms with Crippen LogP contribution in [0.5, 0.6) is 0 Å². The zero-order chi connectivity index (χ0) is 19.2. The van der Waals surface area contributed by atoms with Gasteiger partial charge >= 0.3 is 11.9 Å². The van der Waals surface area contributed by atoms with Crippen LogP contribution in [0.4, 0.5) is 0 Å². The van der Waals surface area contributed by atoms with Gasteiger partial charge in [-0.15, -0.1) is 0 Å². The molecule has 0 aliphatic carbocycles. The number of carbonyl (C=O) groups excluding carboxylic acids is 2. The zero-order valence-electron chi connectivity index (χ0n) is 15.7. The standard InChI is InChI=1S/C20H26O6/c1-10(2)18(21)24-14-7-11(3)8-20(23-6)9-12(4)16(26-20)17-15(14)13(5)19(22)25-17/h8,12,14-17H,1,5,7,9H2,2-4,6H3. The first-order chi connectivity index (χ1) is 12.2. The minimum Gasteiger partial charge on any atom is -0.458 e. The second-order valence-electron chi connectivity index (χ2n) is 7.62. The summed E-state index contributed by atoms with van der Waals surface area (Å²) in [4.78, 5) is 24.4. The Kier molecular flexibility index (Phi) is 4.84. The molecular formula is C20H26O6. The largest absolute Gasteiger partial charge is 0.458 e. The summed E-state index contributed by atoms with van der Waals surface area (Å²) in [5.41, 5.74) is 1.57. The molecule has 2 fully saturated rings. The second-order valence-corrected chi connectivity index (χ2v) is 7.62. The predicted molar refractivity (Wildman–Crippen MR) is 94.0 cm³/mol. The van der Waals surface area contributed by atoms with E-state index >= 15 is 0 Å². The summed E-state index contributed by atoms with van der Waals surface area (Å²) >= 11 is 0. The molecule has 0 amide bonds. The smallest absolute Gasteiger partial charge is 0.334 e. The molecule has 0 aromatic heterocycles. The molecule has 2 saturated heterocycles. The van der Waals surface area contributed by atoms with Crippen LogP contribution in [-0.4, -0.2) is 43.1 Å². The topological polar surface area (TPSA) is 71.1 Å². The monoisotopic (exact) mass is 362 g/mol. The molecule has 6 unspecified atom stereocenters. The average molecular weight is 362 g/mol. The van der Waals surface area contributed by atoms with Crippen molar-refractivity contribution in [2.24, 2.45) is 11.8 Å². The van der Waals surface area contributed by atoms with Crippen LogP contribution in [0.1, 0.15) is 33.6 Å². The Morgan fingerprint density at radius 2 is 2.08 bits per heavy atom. The Morgan fingerprint density at radius 3 is 2.69 bits per heavy atom. The molecule has 0 spiro atoms. The molecule has 26 heavy (non-hydrogen) atoms. The quantitative estimate of drug-likeness (QED) is 0.437. The third-order valence-corrected chi connectivity index (χ3v) is 5.43. The molecule has 142 valence electrons. The van der Waals surface area contributed by atoms with Crippen LogP contribution in [-0.2, 0) is 28.5 Å². The van der Waals surface area contributed by atoms with Crippen LogP contribution in [0.2, 0.25) is 0 Å². The highest BCUT2D eigenvalue weighted by Crippen LogP contribution is 2.47. The van der Waals surface area contributed by atoms with Crippen LogP contribution in [0.15, 0.2) is 36.0 Å². The second kappa shape index (κ2) is 6.67. The first kappa shape index (κ1) is 18.9. The van der Waals surface area contributed by atoms with Gasteiger partial charge in [0.25, 0.3) is 0 Å². The Morgan fingerprint density at radius 1 is 1.38 bits per heavy atom. The maximum Gasteiger partial charge on any atom is 0.334 e. The average Bonchev–Trinajstić information content (AvgIpc) is 3.04. The Bertz CT molecular complexity index is 692. The molecule has 3 aliphatic heterocycles. The summed E-state index contributed by atoms with van der Waals surface area (Å²) in [6.07, 6.45) is 1.53. The summed E-state index contributed by atoms with van der Waals surface area (Å²) in [5, 5.41) is 0. The SMILES string of the molecule is C=C(C)C(=O)OC1CC(C)=CC2(OC)CC(C)C(O2)C2OC(=O)C(=C)C12. The highest BCUT2D eigenvalue weighted by molar-refractivity contribution is 5.91. The molecule has 3 aliphatic rings. The van der Waals surface area contributed by atoms with Crippen LogP contribution in [0.3, 0.4) is 0 Å². The molecule has 0 N–H and O–H groups in total. The van der Waals surface area contributed by atoms with Crippen molar-refractivity contribution in [2.45, 2.75) is 57.7 Å². The first-order valence-electron chi connectivity index (χ1n) is 8.85. The van der Waals surface area contributed by atoms with Crippen LogP contribution in [0.25, 0.3) is 0 Å². The van der Waals surface area contributed by atoms with E-state index in [0.717, 1.165) is 5.57 Å². The van der Waals surface area contributed by atoms with Gasteiger partial charge in [0.1, 0.15) is 18.3 Å². The summed E-state index contributed by atoms with van der Waals surface area (Å²) in [6.45, 7) is 13.1. The van der Waals surface area contributed by atoms with Crippen molar-refractivity contribution in [2.75, 3.05) is 7.11 Å². The van der Waals surface area contributed by atoms with Gasteiger partial charge in [-0.2, -0.15) is 0 Å². The van der Waals surface area contributed by atoms with Crippen LogP contribution in [0, 0.1) is 11.8 Å². The summed E-state index contributed by atoms with van der Waals surface area (Å²) in [5.74, 6) is -2.19. The first-order valence-corrected chi connectivity index (χ1v) is 8.85. The number of hydrogen-bond acceptors (Lipinski definition) is 6. The van der Waals surface area contributed by atoms with Gasteiger partial charge in [0.15, 0.2) is 5.79 Å². The van der Waals surface area contributed by atoms with E-state index in [1.54, 1.807) is 14.0 Å². The van der Waals surface area contributed by atoms with Crippen molar-refractivity contribution in [1.82, 2.24) is 0 Å². The highest BCUT2D eigenvalue weighted by atomic mass is 16.7. The number of carbonyl (C=O) groups is 2. The van der Waals surface area contributed by atoms with Crippen molar-refractivity contribution in [3.63, 3.8) is 0 Å². The molecule has 0 saturated carbocycles. The number of methoxy groups -OCH3 is 1. The van der Waals surface area contributed by atoms with Crippen LogP contribution >= 0.6 is 0 Å². The third kappa shape index (κ3) is 3.12. The molecule has 3 rings (SSSR count). The molecule has 0 radical (unpaired) electrons. The zero-order valence-corrected chi connectivity index (χ0v) is 15.7. The van der Waals surface area contributed by atoms with Crippen molar-refractivity contribution in [1.29, 1.82) is 0 Å². The van der Waals surface area contributed by atoms with E-state index in [1.165, 1.54) is 0 Å². The van der Waals surface area contributed by atoms with E-state index in [4.69, 9.17) is 18.9 Å². The molecular weight excluding hydrogens is 336 g/mol. The van der Waals surface area contributed by atoms with E-state index in [0.29, 0.717) is 24.0 Å². The molecule has 0 aromatic rings. The van der Waals surface area contributed by atoms with E-state index in [1.807, 2.05) is 19.9 Å². The number of hydrogen-bond donors (Lipinski definition) is 0. The lowest BCUT2D eigenvalue weighted by Gasteiger charge is -2.30. The van der Waals surface area contributed by atoms with Gasteiger partial charge in [0, 0.05) is 31.1 Å². The van der Waals surface area contributed by atoms with Crippen molar-refractivity contribution in [3.05, 3.63) is 36.0 Å². The highest BCUT2D eigenvalue weighted by Gasteiger charge is 2.56. The maximum absolute atomic E-state index is 12.2. The molecule has 0 aromatic carbocycles. The van der Waals surface area contributed by atoms with Crippen molar-refractivity contribution < 1.29 is 28.5 Å². The molecule has 2 bridgehead atoms. The van der Waals surface area contributed by atoms with Crippen molar-refractivity contribution in [3.8, 4) is 0 Å². The minimum absolute atomic E-state index is 0.0980. The van der Waals surface area contributed by atoms with E-state index in [9.17, 15) is 9.59 Å². The molecule has 6 nitrogen and oxygen atoms in total. The third-order valence-electron chi connectivity index (χ3n) is 5.43. The van der Waals surface area contributed by atoms with E-state index in [-0.39, 0.29) is 12.0 Å². The van der Waals surface area contributed by atoms with Gasteiger partial charge in [-0.1, -0.05) is 25.7 Å². The van der Waals surface area contributed by atoms with Crippen LogP contribution < -0.4 is 0 Å². The number of fused-ring (bicyclic) bond motifs is 4. The maximum atomic E-state index is 12.2. The van der Waals surface area contributed by atoms with Gasteiger partial charge < -0.3 is 18.9 Å². The van der Waals surface area contributed by atoms with E-state index in [2.05, 4.69) is 13.2 Å². The fourth-order valence-corrected chi connectivity index (χ4v) is 4.18. The lowest BCUT2D eigenvalue weighted by Crippen LogP contribution is -2.42. The van der Waals surface area contributed by atoms with Crippen molar-refractivity contribution >= 4 is 11.9 Å². The number of rotatable bonds is 3. The Balaban J connectivity index is 2.04. The number of ether oxygens (including phenoxy) is 4. The minimum atomic E-state index is -0.859. The summed E-state index contributed by atoms with van der Waals surface area (Å²) in [7, 11) is 1.60. The lowest BCUT2D eigenvalue weighted by molar-refractivity contribution is -0.202. The fraction of sp³-hybridized carbons (Fsp3) is 0.600. The molecule has 6 atom stereocenters. The molecule has 6 heteroatoms. The summed E-state index contributed by atoms with van der Waals surface area (Å²) < 4.78 is 23.2. The van der Waals surface area contributed by atoms with Gasteiger partial charge in [0.2, 0.25) is 0 Å².